The molecule has 96 valence electrons. The Labute approximate surface area is 102 Å². The fourth-order valence-corrected chi connectivity index (χ4v) is 2.09. The monoisotopic (exact) mass is 248 g/mol. The number of nitrogens with one attached hydrogen (secondary N) is 1. The Hall–Kier alpha value is -0.260. The van der Waals surface area contributed by atoms with Crippen molar-refractivity contribution in [2.24, 2.45) is 11.7 Å². The molecular formula is C11H24N2O2S. The van der Waals surface area contributed by atoms with Crippen molar-refractivity contribution in [2.45, 2.75) is 32.3 Å². The van der Waals surface area contributed by atoms with Crippen molar-refractivity contribution >= 4 is 17.7 Å². The van der Waals surface area contributed by atoms with E-state index in [1.54, 1.807) is 18.7 Å². The average Bonchev–Trinajstić information content (AvgIpc) is 2.22. The van der Waals surface area contributed by atoms with Gasteiger partial charge >= 0.3 is 0 Å². The van der Waals surface area contributed by atoms with Crippen LogP contribution in [0.4, 0.5) is 0 Å². The molecule has 0 aliphatic heterocycles. The Balaban J connectivity index is 3.87. The van der Waals surface area contributed by atoms with Gasteiger partial charge in [-0.25, -0.2) is 0 Å². The van der Waals surface area contributed by atoms with E-state index < -0.39 is 5.60 Å². The van der Waals surface area contributed by atoms with Gasteiger partial charge in [-0.05, 0) is 32.6 Å². The third-order valence-electron chi connectivity index (χ3n) is 2.39. The minimum Gasteiger partial charge on any atom is -0.387 e. The molecule has 0 spiro atoms. The van der Waals surface area contributed by atoms with Gasteiger partial charge in [-0.2, -0.15) is 11.8 Å². The number of carbonyl (C=O) groups excluding carboxylic acids is 1. The van der Waals surface area contributed by atoms with Crippen LogP contribution < -0.4 is 11.1 Å². The van der Waals surface area contributed by atoms with Crippen molar-refractivity contribution in [3.8, 4) is 0 Å². The molecule has 1 amide bonds. The average molecular weight is 248 g/mol. The molecule has 0 rings (SSSR count). The lowest BCUT2D eigenvalue weighted by Crippen LogP contribution is -2.44. The van der Waals surface area contributed by atoms with E-state index in [4.69, 9.17) is 5.73 Å². The Morgan fingerprint density at radius 1 is 1.62 bits per heavy atom. The molecule has 0 bridgehead atoms. The van der Waals surface area contributed by atoms with E-state index in [0.29, 0.717) is 18.8 Å². The van der Waals surface area contributed by atoms with E-state index in [0.717, 1.165) is 12.8 Å². The summed E-state index contributed by atoms with van der Waals surface area (Å²) < 4.78 is 0. The number of hydrogen-bond donors (Lipinski definition) is 3. The van der Waals surface area contributed by atoms with Crippen molar-refractivity contribution in [1.29, 1.82) is 0 Å². The Morgan fingerprint density at radius 3 is 2.75 bits per heavy atom. The molecule has 0 aromatic rings. The summed E-state index contributed by atoms with van der Waals surface area (Å²) in [4.78, 5) is 11.6. The van der Waals surface area contributed by atoms with Crippen LogP contribution in [0.1, 0.15) is 26.7 Å². The molecule has 0 saturated heterocycles. The molecule has 0 radical (unpaired) electrons. The quantitative estimate of drug-likeness (QED) is 0.588. The summed E-state index contributed by atoms with van der Waals surface area (Å²) in [7, 11) is 0. The lowest BCUT2D eigenvalue weighted by Gasteiger charge is -2.23. The number of amides is 1. The first kappa shape index (κ1) is 15.7. The second-order valence-electron chi connectivity index (χ2n) is 4.48. The van der Waals surface area contributed by atoms with E-state index in [1.165, 1.54) is 0 Å². The number of hydrogen-bond acceptors (Lipinski definition) is 4. The molecule has 4 N–H and O–H groups in total. The van der Waals surface area contributed by atoms with Gasteiger partial charge in [0.05, 0.1) is 5.60 Å². The zero-order valence-corrected chi connectivity index (χ0v) is 11.3. The zero-order chi connectivity index (χ0) is 12.6. The van der Waals surface area contributed by atoms with Crippen molar-refractivity contribution < 1.29 is 9.90 Å². The predicted molar refractivity (Wildman–Crippen MR) is 69.5 cm³/mol. The molecular weight excluding hydrogens is 224 g/mol. The number of carbonyl (C=O) groups is 1. The summed E-state index contributed by atoms with van der Waals surface area (Å²) in [5.41, 5.74) is 4.55. The molecule has 0 saturated carbocycles. The number of aliphatic hydroxyl groups is 1. The Bertz CT molecular complexity index is 210. The summed E-state index contributed by atoms with van der Waals surface area (Å²) >= 11 is 1.56. The number of nitrogens with two attached hydrogens (primary N) is 1. The SMILES string of the molecule is CSCC(C)(O)CNC(=O)C(C)CCCN. The fraction of sp³-hybridized carbons (Fsp3) is 0.909. The minimum absolute atomic E-state index is 0.00479. The lowest BCUT2D eigenvalue weighted by molar-refractivity contribution is -0.125. The normalized spacial score (nSPS) is 16.6. The van der Waals surface area contributed by atoms with Gasteiger partial charge in [-0.15, -0.1) is 0 Å². The van der Waals surface area contributed by atoms with Crippen molar-refractivity contribution in [3.05, 3.63) is 0 Å². The second kappa shape index (κ2) is 7.92. The Morgan fingerprint density at radius 2 is 2.25 bits per heavy atom. The molecule has 0 aromatic carbocycles. The van der Waals surface area contributed by atoms with Crippen LogP contribution in [-0.2, 0) is 4.79 Å². The van der Waals surface area contributed by atoms with Gasteiger partial charge in [0.15, 0.2) is 0 Å². The van der Waals surface area contributed by atoms with E-state index in [1.807, 2.05) is 13.2 Å². The smallest absolute Gasteiger partial charge is 0.222 e. The lowest BCUT2D eigenvalue weighted by atomic mass is 10.0. The zero-order valence-electron chi connectivity index (χ0n) is 10.5. The largest absolute Gasteiger partial charge is 0.387 e. The van der Waals surface area contributed by atoms with E-state index in [2.05, 4.69) is 5.32 Å². The molecule has 0 heterocycles. The minimum atomic E-state index is -0.831. The van der Waals surface area contributed by atoms with Crippen LogP contribution in [0, 0.1) is 5.92 Å². The van der Waals surface area contributed by atoms with Gasteiger partial charge in [0.1, 0.15) is 0 Å². The maximum atomic E-state index is 11.6. The molecule has 16 heavy (non-hydrogen) atoms. The predicted octanol–water partition coefficient (Wildman–Crippen LogP) is 0.592. The molecule has 0 fully saturated rings. The van der Waals surface area contributed by atoms with Crippen LogP contribution >= 0.6 is 11.8 Å². The molecule has 2 atom stereocenters. The summed E-state index contributed by atoms with van der Waals surface area (Å²) in [6.45, 7) is 4.53. The first-order valence-corrected chi connectivity index (χ1v) is 7.01. The van der Waals surface area contributed by atoms with E-state index >= 15 is 0 Å². The summed E-state index contributed by atoms with van der Waals surface area (Å²) in [6, 6.07) is 0. The molecule has 0 aliphatic rings. The first-order chi connectivity index (χ1) is 7.43. The molecule has 2 unspecified atom stereocenters. The molecule has 5 heteroatoms. The highest BCUT2D eigenvalue weighted by atomic mass is 32.2. The van der Waals surface area contributed by atoms with Gasteiger partial charge in [0, 0.05) is 18.2 Å². The van der Waals surface area contributed by atoms with Crippen LogP contribution in [0.15, 0.2) is 0 Å². The van der Waals surface area contributed by atoms with Gasteiger partial charge < -0.3 is 16.2 Å². The highest BCUT2D eigenvalue weighted by Crippen LogP contribution is 2.10. The highest BCUT2D eigenvalue weighted by molar-refractivity contribution is 7.98. The topological polar surface area (TPSA) is 75.3 Å². The summed E-state index contributed by atoms with van der Waals surface area (Å²) in [6.07, 6.45) is 3.59. The Kier molecular flexibility index (Phi) is 7.80. The summed E-state index contributed by atoms with van der Waals surface area (Å²) in [5, 5.41) is 12.6. The molecule has 0 aromatic heterocycles. The molecule has 4 nitrogen and oxygen atoms in total. The van der Waals surface area contributed by atoms with Crippen molar-refractivity contribution in [2.75, 3.05) is 25.1 Å². The third kappa shape index (κ3) is 7.09. The standard InChI is InChI=1S/C11H24N2O2S/c1-9(5-4-6-12)10(14)13-7-11(2,15)8-16-3/h9,15H,4-8,12H2,1-3H3,(H,13,14). The number of thioether (sulfide) groups is 1. The molecule has 0 aliphatic carbocycles. The van der Waals surface area contributed by atoms with Crippen LogP contribution in [0.25, 0.3) is 0 Å². The van der Waals surface area contributed by atoms with Crippen LogP contribution in [0.3, 0.4) is 0 Å². The van der Waals surface area contributed by atoms with Crippen LogP contribution in [0.5, 0.6) is 0 Å². The van der Waals surface area contributed by atoms with E-state index in [-0.39, 0.29) is 11.8 Å². The van der Waals surface area contributed by atoms with Gasteiger partial charge in [0.2, 0.25) is 5.91 Å². The summed E-state index contributed by atoms with van der Waals surface area (Å²) in [5.74, 6) is 0.577. The van der Waals surface area contributed by atoms with Gasteiger partial charge in [0.25, 0.3) is 0 Å². The highest BCUT2D eigenvalue weighted by Gasteiger charge is 2.21. The first-order valence-electron chi connectivity index (χ1n) is 5.62. The third-order valence-corrected chi connectivity index (χ3v) is 3.30. The van der Waals surface area contributed by atoms with Gasteiger partial charge in [-0.1, -0.05) is 6.92 Å². The maximum Gasteiger partial charge on any atom is 0.222 e. The van der Waals surface area contributed by atoms with Crippen molar-refractivity contribution in [3.63, 3.8) is 0 Å². The van der Waals surface area contributed by atoms with Gasteiger partial charge in [-0.3, -0.25) is 4.79 Å². The maximum absolute atomic E-state index is 11.6. The number of rotatable bonds is 8. The fourth-order valence-electron chi connectivity index (χ4n) is 1.37. The van der Waals surface area contributed by atoms with E-state index in [9.17, 15) is 9.90 Å². The van der Waals surface area contributed by atoms with Crippen molar-refractivity contribution in [1.82, 2.24) is 5.32 Å². The van der Waals surface area contributed by atoms with Crippen LogP contribution in [0.2, 0.25) is 0 Å². The second-order valence-corrected chi connectivity index (χ2v) is 5.35. The van der Waals surface area contributed by atoms with Crippen LogP contribution in [-0.4, -0.2) is 41.7 Å².